The molecule has 0 spiro atoms. The van der Waals surface area contributed by atoms with Gasteiger partial charge in [-0.25, -0.2) is 0 Å². The molecule has 1 aromatic rings. The molecule has 0 saturated heterocycles. The van der Waals surface area contributed by atoms with E-state index in [1.165, 1.54) is 12.8 Å². The summed E-state index contributed by atoms with van der Waals surface area (Å²) >= 11 is 0. The van der Waals surface area contributed by atoms with Crippen LogP contribution in [-0.2, 0) is 16.0 Å². The zero-order chi connectivity index (χ0) is 14.4. The van der Waals surface area contributed by atoms with E-state index in [-0.39, 0.29) is 11.8 Å². The highest BCUT2D eigenvalue weighted by atomic mass is 16.2. The first-order chi connectivity index (χ1) is 9.72. The number of hydrogen-bond acceptors (Lipinski definition) is 2. The van der Waals surface area contributed by atoms with Crippen LogP contribution in [0.15, 0.2) is 41.5 Å². The molecule has 3 heteroatoms. The average Bonchev–Trinajstić information content (AvgIpc) is 2.71. The molecule has 0 fully saturated rings. The van der Waals surface area contributed by atoms with E-state index in [1.807, 2.05) is 30.3 Å². The highest BCUT2D eigenvalue weighted by Gasteiger charge is 2.29. The van der Waals surface area contributed by atoms with Crippen LogP contribution in [0.5, 0.6) is 0 Å². The Kier molecular flexibility index (Phi) is 5.10. The summed E-state index contributed by atoms with van der Waals surface area (Å²) in [5.74, 6) is -0.415. The second kappa shape index (κ2) is 7.04. The van der Waals surface area contributed by atoms with E-state index in [0.29, 0.717) is 24.0 Å². The Morgan fingerprint density at radius 1 is 0.900 bits per heavy atom. The third-order valence-corrected chi connectivity index (χ3v) is 3.64. The Morgan fingerprint density at radius 2 is 1.60 bits per heavy atom. The summed E-state index contributed by atoms with van der Waals surface area (Å²) < 4.78 is 0. The van der Waals surface area contributed by atoms with Crippen molar-refractivity contribution in [2.45, 2.75) is 45.4 Å². The first-order valence-corrected chi connectivity index (χ1v) is 7.34. The number of hydrogen-bond donors (Lipinski definition) is 1. The van der Waals surface area contributed by atoms with Gasteiger partial charge in [-0.15, -0.1) is 0 Å². The Morgan fingerprint density at radius 3 is 2.30 bits per heavy atom. The lowest BCUT2D eigenvalue weighted by Gasteiger charge is -2.04. The molecule has 0 unspecified atom stereocenters. The van der Waals surface area contributed by atoms with E-state index in [1.54, 1.807) is 0 Å². The Balaban J connectivity index is 2.09. The third-order valence-electron chi connectivity index (χ3n) is 3.64. The summed E-state index contributed by atoms with van der Waals surface area (Å²) in [5, 5.41) is 2.43. The smallest absolute Gasteiger partial charge is 0.254 e. The highest BCUT2D eigenvalue weighted by Crippen LogP contribution is 2.22. The molecule has 1 heterocycles. The standard InChI is InChI=1S/C17H21NO2/c1-2-3-4-8-11-14-15(17(20)18-16(14)19)12-13-9-6-5-7-10-13/h5-7,9-10H,2-4,8,11-12H2,1H3,(H,18,19,20). The molecular weight excluding hydrogens is 250 g/mol. The maximum absolute atomic E-state index is 11.9. The van der Waals surface area contributed by atoms with E-state index in [2.05, 4.69) is 12.2 Å². The van der Waals surface area contributed by atoms with Gasteiger partial charge < -0.3 is 0 Å². The number of unbranched alkanes of at least 4 members (excludes halogenated alkanes) is 3. The van der Waals surface area contributed by atoms with Gasteiger partial charge in [0.05, 0.1) is 0 Å². The molecule has 20 heavy (non-hydrogen) atoms. The van der Waals surface area contributed by atoms with Crippen molar-refractivity contribution in [1.82, 2.24) is 5.32 Å². The van der Waals surface area contributed by atoms with Gasteiger partial charge in [-0.3, -0.25) is 14.9 Å². The van der Waals surface area contributed by atoms with E-state index < -0.39 is 0 Å². The fourth-order valence-electron chi connectivity index (χ4n) is 2.51. The summed E-state index contributed by atoms with van der Waals surface area (Å²) in [7, 11) is 0. The SMILES string of the molecule is CCCCCCC1=C(Cc2ccccc2)C(=O)NC1=O. The number of amides is 2. The summed E-state index contributed by atoms with van der Waals surface area (Å²) in [6.07, 6.45) is 5.68. The minimum atomic E-state index is -0.218. The van der Waals surface area contributed by atoms with E-state index in [0.717, 1.165) is 18.4 Å². The number of rotatable bonds is 7. The molecule has 1 aliphatic rings. The van der Waals surface area contributed by atoms with Gasteiger partial charge in [0.25, 0.3) is 11.8 Å². The first kappa shape index (κ1) is 14.5. The molecule has 1 N–H and O–H groups in total. The fourth-order valence-corrected chi connectivity index (χ4v) is 2.51. The molecule has 0 bridgehead atoms. The van der Waals surface area contributed by atoms with Crippen molar-refractivity contribution in [2.75, 3.05) is 0 Å². The van der Waals surface area contributed by atoms with Gasteiger partial charge in [0.1, 0.15) is 0 Å². The van der Waals surface area contributed by atoms with Crippen molar-refractivity contribution in [3.63, 3.8) is 0 Å². The average molecular weight is 271 g/mol. The van der Waals surface area contributed by atoms with Crippen LogP contribution < -0.4 is 5.32 Å². The number of benzene rings is 1. The van der Waals surface area contributed by atoms with Crippen molar-refractivity contribution >= 4 is 11.8 Å². The van der Waals surface area contributed by atoms with Crippen LogP contribution in [-0.4, -0.2) is 11.8 Å². The van der Waals surface area contributed by atoms with Gasteiger partial charge in [0.2, 0.25) is 0 Å². The molecule has 3 nitrogen and oxygen atoms in total. The van der Waals surface area contributed by atoms with E-state index >= 15 is 0 Å². The lowest BCUT2D eigenvalue weighted by molar-refractivity contribution is -0.124. The van der Waals surface area contributed by atoms with Crippen molar-refractivity contribution in [3.8, 4) is 0 Å². The zero-order valence-electron chi connectivity index (χ0n) is 11.9. The summed E-state index contributed by atoms with van der Waals surface area (Å²) in [6, 6.07) is 9.82. The molecule has 0 saturated carbocycles. The topological polar surface area (TPSA) is 46.2 Å². The van der Waals surface area contributed by atoms with Gasteiger partial charge in [-0.2, -0.15) is 0 Å². The second-order valence-electron chi connectivity index (χ2n) is 5.21. The zero-order valence-corrected chi connectivity index (χ0v) is 11.9. The maximum atomic E-state index is 11.9. The van der Waals surface area contributed by atoms with Crippen molar-refractivity contribution in [1.29, 1.82) is 0 Å². The molecule has 0 aliphatic carbocycles. The number of carbonyl (C=O) groups is 2. The van der Waals surface area contributed by atoms with Crippen LogP contribution in [0.25, 0.3) is 0 Å². The highest BCUT2D eigenvalue weighted by molar-refractivity contribution is 6.19. The molecule has 0 atom stereocenters. The quantitative estimate of drug-likeness (QED) is 0.611. The fraction of sp³-hybridized carbons (Fsp3) is 0.412. The van der Waals surface area contributed by atoms with E-state index in [4.69, 9.17) is 0 Å². The van der Waals surface area contributed by atoms with Gasteiger partial charge in [-0.1, -0.05) is 56.5 Å². The Bertz CT molecular complexity index is 517. The number of nitrogens with one attached hydrogen (secondary N) is 1. The molecule has 2 rings (SSSR count). The van der Waals surface area contributed by atoms with Gasteiger partial charge in [0, 0.05) is 17.6 Å². The molecular formula is C17H21NO2. The molecule has 2 amide bonds. The summed E-state index contributed by atoms with van der Waals surface area (Å²) in [5.41, 5.74) is 2.41. The third kappa shape index (κ3) is 3.56. The monoisotopic (exact) mass is 271 g/mol. The minimum Gasteiger partial charge on any atom is -0.289 e. The Hall–Kier alpha value is -1.90. The molecule has 0 radical (unpaired) electrons. The second-order valence-corrected chi connectivity index (χ2v) is 5.21. The van der Waals surface area contributed by atoms with Crippen LogP contribution in [0, 0.1) is 0 Å². The molecule has 0 aromatic heterocycles. The summed E-state index contributed by atoms with van der Waals surface area (Å²) in [4.78, 5) is 23.8. The number of imide groups is 1. The van der Waals surface area contributed by atoms with Crippen molar-refractivity contribution in [2.24, 2.45) is 0 Å². The van der Waals surface area contributed by atoms with Crippen molar-refractivity contribution < 1.29 is 9.59 Å². The van der Waals surface area contributed by atoms with Crippen LogP contribution in [0.3, 0.4) is 0 Å². The van der Waals surface area contributed by atoms with Gasteiger partial charge in [0.15, 0.2) is 0 Å². The largest absolute Gasteiger partial charge is 0.289 e. The van der Waals surface area contributed by atoms with Crippen LogP contribution in [0.1, 0.15) is 44.6 Å². The minimum absolute atomic E-state index is 0.197. The Labute approximate surface area is 120 Å². The molecule has 1 aromatic carbocycles. The van der Waals surface area contributed by atoms with Crippen LogP contribution in [0.2, 0.25) is 0 Å². The summed E-state index contributed by atoms with van der Waals surface area (Å²) in [6.45, 7) is 2.16. The number of carbonyl (C=O) groups excluding carboxylic acids is 2. The predicted octanol–water partition coefficient (Wildman–Crippen LogP) is 3.15. The molecule has 1 aliphatic heterocycles. The van der Waals surface area contributed by atoms with Gasteiger partial charge in [-0.05, 0) is 18.4 Å². The van der Waals surface area contributed by atoms with E-state index in [9.17, 15) is 9.59 Å². The van der Waals surface area contributed by atoms with Crippen LogP contribution >= 0.6 is 0 Å². The maximum Gasteiger partial charge on any atom is 0.254 e. The molecule has 106 valence electrons. The van der Waals surface area contributed by atoms with Crippen molar-refractivity contribution in [3.05, 3.63) is 47.0 Å². The van der Waals surface area contributed by atoms with Crippen LogP contribution in [0.4, 0.5) is 0 Å². The lowest BCUT2D eigenvalue weighted by atomic mass is 9.97. The first-order valence-electron chi connectivity index (χ1n) is 7.34. The normalized spacial score (nSPS) is 14.8. The lowest BCUT2D eigenvalue weighted by Crippen LogP contribution is -2.23. The predicted molar refractivity (Wildman–Crippen MR) is 79.1 cm³/mol. The van der Waals surface area contributed by atoms with Gasteiger partial charge >= 0.3 is 0 Å².